The predicted octanol–water partition coefficient (Wildman–Crippen LogP) is 2.64. The molecule has 0 N–H and O–H groups in total. The third-order valence-corrected chi connectivity index (χ3v) is 6.69. The van der Waals surface area contributed by atoms with E-state index in [-0.39, 0.29) is 23.7 Å². The van der Waals surface area contributed by atoms with Gasteiger partial charge < -0.3 is 9.64 Å². The van der Waals surface area contributed by atoms with Crippen molar-refractivity contribution in [3.63, 3.8) is 0 Å². The Kier molecular flexibility index (Phi) is 4.19. The highest BCUT2D eigenvalue weighted by molar-refractivity contribution is 5.82. The maximum absolute atomic E-state index is 12.8. The minimum Gasteiger partial charge on any atom is -0.352 e. The number of aromatic nitrogens is 2. The van der Waals surface area contributed by atoms with Crippen molar-refractivity contribution in [1.82, 2.24) is 19.6 Å². The zero-order valence-electron chi connectivity index (χ0n) is 17.0. The summed E-state index contributed by atoms with van der Waals surface area (Å²) < 4.78 is 8.46. The summed E-state index contributed by atoms with van der Waals surface area (Å²) in [6, 6.07) is 0.750. The van der Waals surface area contributed by atoms with Gasteiger partial charge in [-0.2, -0.15) is 5.10 Å². The molecule has 3 aliphatic rings. The smallest absolute Gasteiger partial charge is 0.226 e. The van der Waals surface area contributed by atoms with Gasteiger partial charge in [0.2, 0.25) is 5.91 Å². The minimum absolute atomic E-state index is 0.167. The molecule has 0 unspecified atom stereocenters. The van der Waals surface area contributed by atoms with Crippen molar-refractivity contribution in [2.75, 3.05) is 13.2 Å². The Hall–Kier alpha value is -1.40. The van der Waals surface area contributed by atoms with Gasteiger partial charge in [-0.3, -0.25) is 14.4 Å². The lowest BCUT2D eigenvalue weighted by Crippen LogP contribution is -2.50. The molecule has 0 bridgehead atoms. The summed E-state index contributed by atoms with van der Waals surface area (Å²) in [5, 5.41) is 4.73. The second kappa shape index (κ2) is 6.06. The van der Waals surface area contributed by atoms with Gasteiger partial charge in [0.25, 0.3) is 0 Å². The van der Waals surface area contributed by atoms with E-state index in [9.17, 15) is 4.79 Å². The van der Waals surface area contributed by atoms with E-state index in [1.54, 1.807) is 0 Å². The van der Waals surface area contributed by atoms with E-state index >= 15 is 0 Å². The molecule has 3 aliphatic heterocycles. The van der Waals surface area contributed by atoms with E-state index in [0.29, 0.717) is 25.0 Å². The molecule has 0 aromatic carbocycles. The molecule has 0 radical (unpaired) electrons. The molecule has 6 nitrogen and oxygen atoms in total. The maximum Gasteiger partial charge on any atom is 0.226 e. The van der Waals surface area contributed by atoms with Crippen LogP contribution in [0.25, 0.3) is 0 Å². The van der Waals surface area contributed by atoms with Crippen LogP contribution in [0.15, 0.2) is 0 Å². The average Bonchev–Trinajstić information content (AvgIpc) is 3.25. The molecule has 1 amide bonds. The van der Waals surface area contributed by atoms with Crippen molar-refractivity contribution in [3.8, 4) is 0 Å². The van der Waals surface area contributed by atoms with Crippen molar-refractivity contribution < 1.29 is 9.53 Å². The molecule has 4 rings (SSSR count). The van der Waals surface area contributed by atoms with E-state index in [1.807, 2.05) is 0 Å². The van der Waals surface area contributed by atoms with Gasteiger partial charge in [-0.1, -0.05) is 13.8 Å². The van der Waals surface area contributed by atoms with Crippen LogP contribution in [0.5, 0.6) is 0 Å². The molecule has 6 heteroatoms. The second-order valence-electron chi connectivity index (χ2n) is 8.86. The Labute approximate surface area is 156 Å². The highest BCUT2D eigenvalue weighted by Crippen LogP contribution is 2.49. The molecule has 1 aromatic heterocycles. The monoisotopic (exact) mass is 360 g/mol. The van der Waals surface area contributed by atoms with Crippen molar-refractivity contribution in [2.45, 2.75) is 84.8 Å². The van der Waals surface area contributed by atoms with Crippen molar-refractivity contribution in [3.05, 3.63) is 17.0 Å². The molecule has 0 saturated carbocycles. The van der Waals surface area contributed by atoms with Gasteiger partial charge in [0.05, 0.1) is 24.4 Å². The molecule has 0 aliphatic carbocycles. The molecule has 26 heavy (non-hydrogen) atoms. The van der Waals surface area contributed by atoms with E-state index in [1.165, 1.54) is 11.3 Å². The van der Waals surface area contributed by atoms with E-state index < -0.39 is 0 Å². The molecule has 4 heterocycles. The van der Waals surface area contributed by atoms with Gasteiger partial charge in [0, 0.05) is 43.2 Å². The van der Waals surface area contributed by atoms with Gasteiger partial charge in [-0.15, -0.1) is 0 Å². The lowest BCUT2D eigenvalue weighted by molar-refractivity contribution is -0.139. The Morgan fingerprint density at radius 1 is 1.27 bits per heavy atom. The average molecular weight is 361 g/mol. The van der Waals surface area contributed by atoms with Gasteiger partial charge in [0.1, 0.15) is 0 Å². The number of nitrogens with zero attached hydrogens (tertiary/aromatic N) is 4. The second-order valence-corrected chi connectivity index (χ2v) is 8.86. The van der Waals surface area contributed by atoms with Gasteiger partial charge in [-0.25, -0.2) is 0 Å². The van der Waals surface area contributed by atoms with Crippen LogP contribution in [0.3, 0.4) is 0 Å². The van der Waals surface area contributed by atoms with Crippen LogP contribution >= 0.6 is 0 Å². The number of amides is 1. The number of hydrogen-bond donors (Lipinski definition) is 0. The predicted molar refractivity (Wildman–Crippen MR) is 99.7 cm³/mol. The normalized spacial score (nSPS) is 31.5. The first kappa shape index (κ1) is 18.0. The summed E-state index contributed by atoms with van der Waals surface area (Å²) >= 11 is 0. The number of likely N-dealkylation sites (tertiary alicyclic amines) is 1. The first-order valence-electron chi connectivity index (χ1n) is 10.0. The number of rotatable bonds is 4. The van der Waals surface area contributed by atoms with Crippen molar-refractivity contribution >= 4 is 5.91 Å². The molecule has 3 atom stereocenters. The Bertz CT molecular complexity index is 726. The topological polar surface area (TPSA) is 50.6 Å². The first-order valence-corrected chi connectivity index (χ1v) is 10.0. The van der Waals surface area contributed by atoms with E-state index in [2.05, 4.69) is 56.0 Å². The number of carbonyl (C=O) groups is 1. The third-order valence-electron chi connectivity index (χ3n) is 6.69. The maximum atomic E-state index is 12.8. The van der Waals surface area contributed by atoms with E-state index in [4.69, 9.17) is 9.84 Å². The zero-order valence-corrected chi connectivity index (χ0v) is 17.0. The van der Waals surface area contributed by atoms with Crippen LogP contribution in [-0.4, -0.2) is 56.4 Å². The minimum atomic E-state index is -0.387. The quantitative estimate of drug-likeness (QED) is 0.828. The number of aryl methyl sites for hydroxylation is 1. The third kappa shape index (κ3) is 2.38. The molecular formula is C20H32N4O2. The molecule has 144 valence electrons. The fourth-order valence-electron chi connectivity index (χ4n) is 5.28. The Morgan fingerprint density at radius 3 is 2.62 bits per heavy atom. The molecule has 3 saturated heterocycles. The number of ether oxygens (including phenoxy) is 1. The summed E-state index contributed by atoms with van der Waals surface area (Å²) in [5.41, 5.74) is 3.26. The van der Waals surface area contributed by atoms with Gasteiger partial charge >= 0.3 is 0 Å². The fourth-order valence-corrected chi connectivity index (χ4v) is 5.28. The van der Waals surface area contributed by atoms with Gasteiger partial charge in [-0.05, 0) is 33.6 Å². The summed E-state index contributed by atoms with van der Waals surface area (Å²) in [7, 11) is 0. The van der Waals surface area contributed by atoms with Crippen LogP contribution in [0.4, 0.5) is 0 Å². The fraction of sp³-hybridized carbons (Fsp3) is 0.800. The largest absolute Gasteiger partial charge is 0.352 e. The lowest BCUT2D eigenvalue weighted by Gasteiger charge is -2.34. The van der Waals surface area contributed by atoms with Crippen molar-refractivity contribution in [2.24, 2.45) is 5.92 Å². The van der Waals surface area contributed by atoms with Crippen molar-refractivity contribution in [1.29, 1.82) is 0 Å². The lowest BCUT2D eigenvalue weighted by atomic mass is 10.0. The highest BCUT2D eigenvalue weighted by atomic mass is 16.5. The summed E-state index contributed by atoms with van der Waals surface area (Å²) in [6.45, 7) is 15.5. The van der Waals surface area contributed by atoms with Gasteiger partial charge in [0.15, 0.2) is 5.72 Å². The summed E-state index contributed by atoms with van der Waals surface area (Å²) in [5.74, 6) is 0.696. The first-order chi connectivity index (χ1) is 12.3. The molecule has 1 aromatic rings. The molecule has 1 spiro atoms. The highest BCUT2D eigenvalue weighted by Gasteiger charge is 2.64. The molecular weight excluding hydrogens is 328 g/mol. The van der Waals surface area contributed by atoms with Crippen LogP contribution in [0.2, 0.25) is 0 Å². The van der Waals surface area contributed by atoms with Crippen LogP contribution in [0.1, 0.15) is 63.5 Å². The standard InChI is InChI=1S/C20H32N4O2/c1-12(2)17-11-26-20-7-8-22(18(20)9-19(25)23(17)20)10-16-14(5)21-24(13(3)4)15(16)6/h12-13,17-18H,7-11H2,1-6H3/t17-,18+,20-/m0/s1. The Balaban J connectivity index is 1.60. The molecule has 3 fully saturated rings. The van der Waals surface area contributed by atoms with Crippen LogP contribution in [-0.2, 0) is 16.1 Å². The summed E-state index contributed by atoms with van der Waals surface area (Å²) in [4.78, 5) is 17.4. The van der Waals surface area contributed by atoms with Crippen LogP contribution < -0.4 is 0 Å². The van der Waals surface area contributed by atoms with E-state index in [0.717, 1.165) is 25.2 Å². The Morgan fingerprint density at radius 2 is 2.00 bits per heavy atom. The number of carbonyl (C=O) groups excluding carboxylic acids is 1. The van der Waals surface area contributed by atoms with Crippen LogP contribution in [0, 0.1) is 19.8 Å². The SMILES string of the molecule is Cc1nn(C(C)C)c(C)c1CN1CC[C@@]23OC[C@@H](C(C)C)N2C(=O)C[C@@H]13. The zero-order chi connectivity index (χ0) is 18.8. The number of hydrogen-bond acceptors (Lipinski definition) is 4. The summed E-state index contributed by atoms with van der Waals surface area (Å²) in [6.07, 6.45) is 1.50.